The van der Waals surface area contributed by atoms with Gasteiger partial charge in [0.25, 0.3) is 0 Å². The number of phenols is 4. The number of ether oxygens (including phenoxy) is 2. The predicted molar refractivity (Wildman–Crippen MR) is 307 cm³/mol. The lowest BCUT2D eigenvalue weighted by Crippen LogP contribution is -2.54. The number of nitrogens with zero attached hydrogens (tertiary/aromatic N) is 1. The van der Waals surface area contributed by atoms with Gasteiger partial charge in [0.15, 0.2) is 10.9 Å². The number of carbonyl (C=O) groups is 7. The number of nitrogens with two attached hydrogens (primary N) is 1. The van der Waals surface area contributed by atoms with Crippen LogP contribution in [0.4, 0.5) is 15.3 Å². The number of primary amides is 1. The van der Waals surface area contributed by atoms with E-state index in [1.807, 2.05) is 19.1 Å². The van der Waals surface area contributed by atoms with Crippen molar-refractivity contribution in [3.05, 3.63) is 122 Å². The van der Waals surface area contributed by atoms with Gasteiger partial charge in [0.2, 0.25) is 29.5 Å². The SMILES string of the molecule is CC1=CC=C(c2cc(=O)c3c(O)c(-c4c(O)cc5oc(-c6ccc(OC(=O)OCc7ccc(NC(=O)[C@H](CCCNC(N)=O)NC(=O)[C@@H](NC(=O)CCCCCN8C(=O)CC(C)C8=O)C(C)C)cc7)cc6)cc(=O)c5c4O)c(O)cc3o2)CC1. The average molecular weight is 1150 g/mol. The van der Waals surface area contributed by atoms with Gasteiger partial charge in [0.05, 0.1) is 11.1 Å². The van der Waals surface area contributed by atoms with Crippen LogP contribution >= 0.6 is 0 Å². The number of aromatic hydroxyl groups is 4. The number of fused-ring (bicyclic) bond motifs is 2. The fraction of sp³-hybridized carbons (Fsp3) is 0.328. The van der Waals surface area contributed by atoms with Crippen molar-refractivity contribution in [3.8, 4) is 51.2 Å². The summed E-state index contributed by atoms with van der Waals surface area (Å²) >= 11 is 0. The minimum atomic E-state index is -1.11. The number of nitrogens with one attached hydrogen (secondary N) is 4. The highest BCUT2D eigenvalue weighted by molar-refractivity contribution is 6.04. The number of phenolic OH excluding ortho intramolecular Hbond substituents is 4. The van der Waals surface area contributed by atoms with Gasteiger partial charge >= 0.3 is 12.2 Å². The third-order valence-corrected chi connectivity index (χ3v) is 14.4. The summed E-state index contributed by atoms with van der Waals surface area (Å²) in [4.78, 5) is 117. The van der Waals surface area contributed by atoms with E-state index in [2.05, 4.69) is 21.3 Å². The molecule has 0 bridgehead atoms. The lowest BCUT2D eigenvalue weighted by molar-refractivity contribution is -0.139. The molecule has 1 fully saturated rings. The Labute approximate surface area is 480 Å². The fourth-order valence-electron chi connectivity index (χ4n) is 9.83. The van der Waals surface area contributed by atoms with Crippen molar-refractivity contribution in [1.82, 2.24) is 20.9 Å². The molecule has 23 heteroatoms. The Balaban J connectivity index is 0.849. The lowest BCUT2D eigenvalue weighted by atomic mass is 9.95. The number of anilines is 1. The molecule has 0 saturated carbocycles. The van der Waals surface area contributed by atoms with E-state index in [-0.39, 0.29) is 109 Å². The van der Waals surface area contributed by atoms with E-state index < -0.39 is 86.5 Å². The number of hydrogen-bond acceptors (Lipinski definition) is 17. The number of rotatable bonds is 22. The molecule has 8 rings (SSSR count). The summed E-state index contributed by atoms with van der Waals surface area (Å²) in [5, 5.41) is 55.1. The number of urea groups is 1. The Morgan fingerprint density at radius 2 is 1.38 bits per heavy atom. The molecule has 3 atom stereocenters. The number of imide groups is 1. The molecular formula is C61H64N6O17. The van der Waals surface area contributed by atoms with E-state index in [1.165, 1.54) is 35.2 Å². The second kappa shape index (κ2) is 26.3. The Morgan fingerprint density at radius 1 is 0.750 bits per heavy atom. The molecule has 1 unspecified atom stereocenters. The summed E-state index contributed by atoms with van der Waals surface area (Å²) in [6.45, 7) is 7.34. The number of allylic oxidation sites excluding steroid dienone is 4. The molecule has 440 valence electrons. The first kappa shape index (κ1) is 60.2. The highest BCUT2D eigenvalue weighted by atomic mass is 16.7. The summed E-state index contributed by atoms with van der Waals surface area (Å²) in [5.74, 6) is -5.42. The predicted octanol–water partition coefficient (Wildman–Crippen LogP) is 7.86. The molecule has 0 spiro atoms. The largest absolute Gasteiger partial charge is 0.514 e. The zero-order valence-electron chi connectivity index (χ0n) is 46.5. The topological polar surface area (TPSA) is 357 Å². The minimum absolute atomic E-state index is 0.0146. The van der Waals surface area contributed by atoms with E-state index in [0.717, 1.165) is 35.8 Å². The maximum Gasteiger partial charge on any atom is 0.514 e. The molecule has 3 heterocycles. The average Bonchev–Trinajstić information content (AvgIpc) is 2.33. The van der Waals surface area contributed by atoms with E-state index in [0.29, 0.717) is 42.5 Å². The van der Waals surface area contributed by atoms with Crippen molar-refractivity contribution in [3.63, 3.8) is 0 Å². The van der Waals surface area contributed by atoms with Crippen LogP contribution in [0.25, 0.3) is 50.0 Å². The number of hydrogen-bond donors (Lipinski definition) is 9. The fourth-order valence-corrected chi connectivity index (χ4v) is 9.83. The number of likely N-dealkylation sites (tertiary alicyclic amines) is 1. The molecule has 1 aliphatic heterocycles. The summed E-state index contributed by atoms with van der Waals surface area (Å²) in [7, 11) is 0. The molecule has 23 nitrogen and oxygen atoms in total. The summed E-state index contributed by atoms with van der Waals surface area (Å²) in [5.41, 5.74) is 5.33. The Kier molecular flexibility index (Phi) is 18.9. The van der Waals surface area contributed by atoms with E-state index in [1.54, 1.807) is 45.0 Å². The Hall–Kier alpha value is -9.93. The molecule has 1 saturated heterocycles. The zero-order chi connectivity index (χ0) is 60.5. The standard InChI is InChI=1S/C61H64N6O17/c1-31(2)54(66-48(72)10-6-5-7-24-67-49(73)25-33(4)59(67)78)58(77)65-39(9-8-23-63-60(62)79)57(76)64-37-19-13-34(14-20-37)30-81-61(80)82-38-21-17-36(18-22-38)45-27-41(69)51-47(84-45)29-43(71)53(56(51)75)52-42(70)28-46-50(55(52)74)40(68)26-44(83-46)35-15-11-32(3)12-16-35/h11,13-15,17-22,26-29,31,33,39,54,70-71,74-75H,5-10,12,16,23-25,30H2,1-4H3,(H,64,76)(H,65,77)(H,66,72)(H3,62,63,79)/t33?,39-,54-/m0/s1. The third kappa shape index (κ3) is 14.2. The van der Waals surface area contributed by atoms with Gasteiger partial charge < -0.3 is 65.7 Å². The minimum Gasteiger partial charge on any atom is -0.507 e. The van der Waals surface area contributed by atoms with Crippen LogP contribution in [-0.4, -0.2) is 92.2 Å². The first-order chi connectivity index (χ1) is 40.1. The zero-order valence-corrected chi connectivity index (χ0v) is 46.5. The highest BCUT2D eigenvalue weighted by Crippen LogP contribution is 2.51. The van der Waals surface area contributed by atoms with Crippen molar-refractivity contribution in [2.24, 2.45) is 17.6 Å². The van der Waals surface area contributed by atoms with Crippen molar-refractivity contribution in [1.29, 1.82) is 0 Å². The Bertz CT molecular complexity index is 3750. The van der Waals surface area contributed by atoms with Crippen LogP contribution in [0.1, 0.15) is 96.8 Å². The molecule has 10 N–H and O–H groups in total. The van der Waals surface area contributed by atoms with Crippen LogP contribution in [0, 0.1) is 11.8 Å². The number of unbranched alkanes of at least 4 members (excludes halogenated alkanes) is 2. The molecule has 4 aromatic carbocycles. The first-order valence-corrected chi connectivity index (χ1v) is 27.3. The Morgan fingerprint density at radius 3 is 1.96 bits per heavy atom. The van der Waals surface area contributed by atoms with Crippen LogP contribution in [0.15, 0.2) is 109 Å². The van der Waals surface area contributed by atoms with Crippen molar-refractivity contribution >= 4 is 74.9 Å². The molecule has 6 aromatic rings. The second-order valence-electron chi connectivity index (χ2n) is 21.1. The van der Waals surface area contributed by atoms with E-state index >= 15 is 0 Å². The highest BCUT2D eigenvalue weighted by Gasteiger charge is 2.35. The van der Waals surface area contributed by atoms with Gasteiger partial charge in [0, 0.05) is 67.4 Å². The van der Waals surface area contributed by atoms with Gasteiger partial charge in [-0.2, -0.15) is 0 Å². The molecule has 1 aliphatic carbocycles. The quantitative estimate of drug-likeness (QED) is 0.0135. The van der Waals surface area contributed by atoms with Crippen LogP contribution in [0.3, 0.4) is 0 Å². The maximum atomic E-state index is 13.7. The van der Waals surface area contributed by atoms with Gasteiger partial charge in [-0.25, -0.2) is 9.59 Å². The number of carbonyl (C=O) groups excluding carboxylic acids is 7. The van der Waals surface area contributed by atoms with Crippen LogP contribution in [0.5, 0.6) is 28.7 Å². The van der Waals surface area contributed by atoms with Crippen molar-refractivity contribution in [2.75, 3.05) is 18.4 Å². The molecule has 0 radical (unpaired) electrons. The van der Waals surface area contributed by atoms with Gasteiger partial charge in [-0.3, -0.25) is 38.5 Å². The smallest absolute Gasteiger partial charge is 0.507 e. The molecule has 84 heavy (non-hydrogen) atoms. The number of benzene rings is 4. The normalized spacial score (nSPS) is 14.9. The maximum absolute atomic E-state index is 13.7. The number of amides is 7. The van der Waals surface area contributed by atoms with Crippen molar-refractivity contribution in [2.45, 2.75) is 104 Å². The summed E-state index contributed by atoms with van der Waals surface area (Å²) in [6.07, 6.45) is 6.22. The summed E-state index contributed by atoms with van der Waals surface area (Å²) < 4.78 is 22.5. The van der Waals surface area contributed by atoms with Gasteiger partial charge in [0.1, 0.15) is 80.9 Å². The van der Waals surface area contributed by atoms with E-state index in [4.69, 9.17) is 24.0 Å². The van der Waals surface area contributed by atoms with Crippen molar-refractivity contribution < 1.29 is 72.3 Å². The van der Waals surface area contributed by atoms with E-state index in [9.17, 15) is 63.6 Å². The van der Waals surface area contributed by atoms with Crippen LogP contribution in [0.2, 0.25) is 0 Å². The van der Waals surface area contributed by atoms with Gasteiger partial charge in [-0.05, 0) is 98.9 Å². The molecule has 7 amide bonds. The summed E-state index contributed by atoms with van der Waals surface area (Å²) in [6, 6.07) is 13.5. The van der Waals surface area contributed by atoms with Gasteiger partial charge in [-0.1, -0.05) is 57.0 Å². The van der Waals surface area contributed by atoms with Crippen LogP contribution < -0.4 is 42.6 Å². The molecule has 2 aliphatic rings. The third-order valence-electron chi connectivity index (χ3n) is 14.4. The monoisotopic (exact) mass is 1150 g/mol. The lowest BCUT2D eigenvalue weighted by Gasteiger charge is -2.25. The molecule has 2 aromatic heterocycles. The van der Waals surface area contributed by atoms with Crippen LogP contribution in [-0.2, 0) is 35.3 Å². The first-order valence-electron chi connectivity index (χ1n) is 27.3. The second-order valence-corrected chi connectivity index (χ2v) is 21.1. The van der Waals surface area contributed by atoms with Gasteiger partial charge in [-0.15, -0.1) is 0 Å². The molecular weight excluding hydrogens is 1090 g/mol.